The predicted octanol–water partition coefficient (Wildman–Crippen LogP) is 0.342. The van der Waals surface area contributed by atoms with E-state index in [4.69, 9.17) is 14.6 Å². The minimum Gasteiger partial charge on any atom is -0.481 e. The van der Waals surface area contributed by atoms with Crippen LogP contribution in [0.3, 0.4) is 0 Å². The highest BCUT2D eigenvalue weighted by molar-refractivity contribution is 5.73. The number of nitrogens with zero attached hydrogens (tertiary/aromatic N) is 1. The zero-order valence-electron chi connectivity index (χ0n) is 8.92. The molecule has 90 valence electrons. The van der Waals surface area contributed by atoms with Gasteiger partial charge in [0, 0.05) is 13.1 Å². The number of carbonyl (C=O) groups excluding carboxylic acids is 1. The van der Waals surface area contributed by atoms with Gasteiger partial charge < -0.3 is 19.5 Å². The van der Waals surface area contributed by atoms with E-state index in [2.05, 4.69) is 6.58 Å². The van der Waals surface area contributed by atoms with E-state index in [9.17, 15) is 9.59 Å². The Morgan fingerprint density at radius 3 is 3.00 bits per heavy atom. The lowest BCUT2D eigenvalue weighted by molar-refractivity contribution is -0.143. The molecule has 1 aliphatic rings. The maximum Gasteiger partial charge on any atom is 0.410 e. The predicted molar refractivity (Wildman–Crippen MR) is 55.1 cm³/mol. The molecule has 0 bridgehead atoms. The second-order valence-corrected chi connectivity index (χ2v) is 3.42. The molecule has 1 saturated heterocycles. The molecule has 0 aliphatic carbocycles. The summed E-state index contributed by atoms with van der Waals surface area (Å²) in [7, 11) is 0. The van der Waals surface area contributed by atoms with E-state index in [1.165, 1.54) is 11.0 Å². The standard InChI is InChI=1S/C10H15NO5/c1-2-4-16-10(14)11-3-5-15-7-8(6-11)9(12)13/h2,8H,1,3-7H2,(H,12,13). The molecule has 1 atom stereocenters. The van der Waals surface area contributed by atoms with Gasteiger partial charge in [-0.3, -0.25) is 4.79 Å². The minimum absolute atomic E-state index is 0.116. The second-order valence-electron chi connectivity index (χ2n) is 3.42. The Labute approximate surface area is 93.4 Å². The van der Waals surface area contributed by atoms with Gasteiger partial charge in [0.05, 0.1) is 19.1 Å². The third kappa shape index (κ3) is 3.54. The molecule has 6 heteroatoms. The highest BCUT2D eigenvalue weighted by Gasteiger charge is 2.27. The number of aliphatic carboxylic acids is 1. The van der Waals surface area contributed by atoms with Gasteiger partial charge in [0.15, 0.2) is 0 Å². The van der Waals surface area contributed by atoms with E-state index in [0.29, 0.717) is 13.2 Å². The van der Waals surface area contributed by atoms with E-state index in [-0.39, 0.29) is 19.8 Å². The molecule has 1 amide bonds. The summed E-state index contributed by atoms with van der Waals surface area (Å²) in [5.41, 5.74) is 0. The third-order valence-corrected chi connectivity index (χ3v) is 2.20. The second kappa shape index (κ2) is 6.12. The number of carboxylic acid groups (broad SMARTS) is 1. The number of hydrogen-bond donors (Lipinski definition) is 1. The molecule has 0 spiro atoms. The highest BCUT2D eigenvalue weighted by atomic mass is 16.6. The summed E-state index contributed by atoms with van der Waals surface area (Å²) in [6.07, 6.45) is 0.928. The fourth-order valence-electron chi connectivity index (χ4n) is 1.35. The van der Waals surface area contributed by atoms with E-state index < -0.39 is 18.0 Å². The first kappa shape index (κ1) is 12.5. The monoisotopic (exact) mass is 229 g/mol. The van der Waals surface area contributed by atoms with Gasteiger partial charge in [-0.05, 0) is 0 Å². The molecule has 1 unspecified atom stereocenters. The summed E-state index contributed by atoms with van der Waals surface area (Å²) >= 11 is 0. The van der Waals surface area contributed by atoms with Crippen molar-refractivity contribution in [2.45, 2.75) is 0 Å². The van der Waals surface area contributed by atoms with Gasteiger partial charge in [0.2, 0.25) is 0 Å². The molecule has 1 fully saturated rings. The summed E-state index contributed by atoms with van der Waals surface area (Å²) in [5.74, 6) is -1.66. The lowest BCUT2D eigenvalue weighted by atomic mass is 10.1. The van der Waals surface area contributed by atoms with Crippen molar-refractivity contribution in [3.8, 4) is 0 Å². The molecule has 16 heavy (non-hydrogen) atoms. The summed E-state index contributed by atoms with van der Waals surface area (Å²) < 4.78 is 9.94. The van der Waals surface area contributed by atoms with Crippen LogP contribution in [0.15, 0.2) is 12.7 Å². The lowest BCUT2D eigenvalue weighted by Crippen LogP contribution is -2.38. The number of hydrogen-bond acceptors (Lipinski definition) is 4. The molecule has 1 heterocycles. The number of rotatable bonds is 3. The van der Waals surface area contributed by atoms with Gasteiger partial charge in [-0.2, -0.15) is 0 Å². The molecule has 1 aliphatic heterocycles. The summed E-state index contributed by atoms with van der Waals surface area (Å²) in [4.78, 5) is 23.6. The number of ether oxygens (including phenoxy) is 2. The first-order valence-corrected chi connectivity index (χ1v) is 4.98. The van der Waals surface area contributed by atoms with Crippen LogP contribution in [-0.2, 0) is 14.3 Å². The Balaban J connectivity index is 2.53. The maximum absolute atomic E-state index is 11.5. The van der Waals surface area contributed by atoms with Crippen molar-refractivity contribution in [2.24, 2.45) is 5.92 Å². The number of amides is 1. The van der Waals surface area contributed by atoms with Crippen molar-refractivity contribution in [1.29, 1.82) is 0 Å². The van der Waals surface area contributed by atoms with Crippen LogP contribution in [0.2, 0.25) is 0 Å². The highest BCUT2D eigenvalue weighted by Crippen LogP contribution is 2.08. The van der Waals surface area contributed by atoms with Gasteiger partial charge >= 0.3 is 12.1 Å². The van der Waals surface area contributed by atoms with Crippen molar-refractivity contribution >= 4 is 12.1 Å². The zero-order chi connectivity index (χ0) is 12.0. The third-order valence-electron chi connectivity index (χ3n) is 2.20. The van der Waals surface area contributed by atoms with Crippen LogP contribution >= 0.6 is 0 Å². The van der Waals surface area contributed by atoms with E-state index >= 15 is 0 Å². The van der Waals surface area contributed by atoms with Crippen LogP contribution in [0.4, 0.5) is 4.79 Å². The summed E-state index contributed by atoms with van der Waals surface area (Å²) in [5, 5.41) is 8.86. The van der Waals surface area contributed by atoms with Gasteiger partial charge in [-0.25, -0.2) is 4.79 Å². The quantitative estimate of drug-likeness (QED) is 0.706. The fourth-order valence-corrected chi connectivity index (χ4v) is 1.35. The topological polar surface area (TPSA) is 76.1 Å². The van der Waals surface area contributed by atoms with Gasteiger partial charge in [-0.1, -0.05) is 12.7 Å². The molecule has 1 N–H and O–H groups in total. The van der Waals surface area contributed by atoms with Crippen molar-refractivity contribution in [3.05, 3.63) is 12.7 Å². The van der Waals surface area contributed by atoms with Crippen molar-refractivity contribution in [1.82, 2.24) is 4.90 Å². The molecule has 0 aromatic rings. The van der Waals surface area contributed by atoms with Crippen LogP contribution in [0, 0.1) is 5.92 Å². The zero-order valence-corrected chi connectivity index (χ0v) is 8.92. The Hall–Kier alpha value is -1.56. The Bertz CT molecular complexity index is 278. The summed E-state index contributed by atoms with van der Waals surface area (Å²) in [6.45, 7) is 4.46. The molecule has 0 aromatic carbocycles. The lowest BCUT2D eigenvalue weighted by Gasteiger charge is -2.20. The summed E-state index contributed by atoms with van der Waals surface area (Å²) in [6, 6.07) is 0. The van der Waals surface area contributed by atoms with Crippen molar-refractivity contribution in [2.75, 3.05) is 32.9 Å². The van der Waals surface area contributed by atoms with E-state index in [1.807, 2.05) is 0 Å². The smallest absolute Gasteiger partial charge is 0.410 e. The van der Waals surface area contributed by atoms with Crippen LogP contribution < -0.4 is 0 Å². The van der Waals surface area contributed by atoms with Gasteiger partial charge in [-0.15, -0.1) is 0 Å². The Morgan fingerprint density at radius 1 is 1.62 bits per heavy atom. The van der Waals surface area contributed by atoms with Crippen LogP contribution in [0.1, 0.15) is 0 Å². The Kier molecular flexibility index (Phi) is 4.78. The molecular weight excluding hydrogens is 214 g/mol. The van der Waals surface area contributed by atoms with Crippen LogP contribution in [0.25, 0.3) is 0 Å². The van der Waals surface area contributed by atoms with E-state index in [0.717, 1.165) is 0 Å². The first-order valence-electron chi connectivity index (χ1n) is 4.98. The molecule has 6 nitrogen and oxygen atoms in total. The van der Waals surface area contributed by atoms with Gasteiger partial charge in [0.1, 0.15) is 6.61 Å². The average molecular weight is 229 g/mol. The number of carboxylic acids is 1. The number of carbonyl (C=O) groups is 2. The minimum atomic E-state index is -0.969. The molecule has 0 saturated carbocycles. The van der Waals surface area contributed by atoms with Crippen LogP contribution in [-0.4, -0.2) is 55.0 Å². The normalized spacial score (nSPS) is 21.0. The maximum atomic E-state index is 11.5. The SMILES string of the molecule is C=CCOC(=O)N1CCOCC(C(=O)O)C1. The average Bonchev–Trinajstić information content (AvgIpc) is 2.51. The molecular formula is C10H15NO5. The molecule has 1 rings (SSSR count). The van der Waals surface area contributed by atoms with Crippen LogP contribution in [0.5, 0.6) is 0 Å². The first-order chi connectivity index (χ1) is 7.65. The molecule has 0 radical (unpaired) electrons. The fraction of sp³-hybridized carbons (Fsp3) is 0.600. The van der Waals surface area contributed by atoms with Gasteiger partial charge in [0.25, 0.3) is 0 Å². The Morgan fingerprint density at radius 2 is 2.38 bits per heavy atom. The van der Waals surface area contributed by atoms with E-state index in [1.54, 1.807) is 0 Å². The van der Waals surface area contributed by atoms with Crippen molar-refractivity contribution in [3.63, 3.8) is 0 Å². The molecule has 0 aromatic heterocycles. The largest absolute Gasteiger partial charge is 0.481 e. The van der Waals surface area contributed by atoms with Crippen molar-refractivity contribution < 1.29 is 24.2 Å².